The van der Waals surface area contributed by atoms with Crippen LogP contribution in [0, 0.1) is 6.92 Å². The summed E-state index contributed by atoms with van der Waals surface area (Å²) < 4.78 is 5.28. The van der Waals surface area contributed by atoms with Crippen LogP contribution in [0.3, 0.4) is 0 Å². The third kappa shape index (κ3) is 5.76. The van der Waals surface area contributed by atoms with Gasteiger partial charge in [-0.05, 0) is 37.3 Å². The Labute approximate surface area is 149 Å². The van der Waals surface area contributed by atoms with Gasteiger partial charge in [0, 0.05) is 10.7 Å². The summed E-state index contributed by atoms with van der Waals surface area (Å²) in [4.78, 5) is 23.5. The van der Waals surface area contributed by atoms with Crippen LogP contribution in [0.2, 0.25) is 10.0 Å². The molecule has 0 aliphatic rings. The summed E-state index contributed by atoms with van der Waals surface area (Å²) in [5.74, 6) is -0.405. The van der Waals surface area contributed by atoms with Crippen LogP contribution in [0.4, 0.5) is 5.69 Å². The van der Waals surface area contributed by atoms with Crippen LogP contribution in [0.25, 0.3) is 0 Å². The van der Waals surface area contributed by atoms with E-state index >= 15 is 0 Å². The summed E-state index contributed by atoms with van der Waals surface area (Å²) in [6.45, 7) is 1.56. The Bertz CT molecular complexity index is 733. The van der Waals surface area contributed by atoms with Crippen LogP contribution in [-0.2, 0) is 9.59 Å². The topological polar surface area (TPSA) is 67.4 Å². The Morgan fingerprint density at radius 3 is 2.42 bits per heavy atom. The molecule has 0 radical (unpaired) electrons. The lowest BCUT2D eigenvalue weighted by atomic mass is 10.2. The van der Waals surface area contributed by atoms with Gasteiger partial charge in [0.1, 0.15) is 5.75 Å². The van der Waals surface area contributed by atoms with Gasteiger partial charge in [-0.15, -0.1) is 0 Å². The van der Waals surface area contributed by atoms with E-state index in [1.807, 2.05) is 19.1 Å². The Morgan fingerprint density at radius 1 is 1.04 bits per heavy atom. The Morgan fingerprint density at radius 2 is 1.75 bits per heavy atom. The van der Waals surface area contributed by atoms with E-state index in [0.717, 1.165) is 5.56 Å². The largest absolute Gasteiger partial charge is 0.482 e. The molecule has 126 valence electrons. The molecule has 0 aliphatic heterocycles. The maximum atomic E-state index is 11.8. The minimum absolute atomic E-state index is 0.148. The lowest BCUT2D eigenvalue weighted by Crippen LogP contribution is -2.35. The standard InChI is InChI=1S/C17H16Cl2N2O3/c1-11-2-5-13(6-3-11)21-16(22)9-20-17(23)10-24-15-7-4-12(18)8-14(15)19/h2-8H,9-10H2,1H3,(H,20,23)(H,21,22). The molecule has 0 atom stereocenters. The van der Waals surface area contributed by atoms with Gasteiger partial charge < -0.3 is 15.4 Å². The van der Waals surface area contributed by atoms with Gasteiger partial charge in [0.15, 0.2) is 6.61 Å². The van der Waals surface area contributed by atoms with Crippen molar-refractivity contribution in [1.82, 2.24) is 5.32 Å². The van der Waals surface area contributed by atoms with Crippen LogP contribution in [-0.4, -0.2) is 25.0 Å². The smallest absolute Gasteiger partial charge is 0.258 e. The number of aryl methyl sites for hydroxylation is 1. The van der Waals surface area contributed by atoms with E-state index in [0.29, 0.717) is 21.5 Å². The molecule has 0 bridgehead atoms. The number of rotatable bonds is 6. The highest BCUT2D eigenvalue weighted by Crippen LogP contribution is 2.27. The van der Waals surface area contributed by atoms with E-state index in [2.05, 4.69) is 10.6 Å². The molecule has 0 unspecified atom stereocenters. The van der Waals surface area contributed by atoms with E-state index in [1.165, 1.54) is 6.07 Å². The normalized spacial score (nSPS) is 10.1. The maximum Gasteiger partial charge on any atom is 0.258 e. The van der Waals surface area contributed by atoms with Crippen molar-refractivity contribution in [3.05, 3.63) is 58.1 Å². The molecule has 2 amide bonds. The van der Waals surface area contributed by atoms with Crippen LogP contribution < -0.4 is 15.4 Å². The zero-order valence-electron chi connectivity index (χ0n) is 12.9. The molecule has 24 heavy (non-hydrogen) atoms. The molecule has 2 aromatic rings. The van der Waals surface area contributed by atoms with Gasteiger partial charge in [0.05, 0.1) is 11.6 Å². The highest BCUT2D eigenvalue weighted by molar-refractivity contribution is 6.35. The second-order valence-corrected chi connectivity index (χ2v) is 5.90. The first-order valence-corrected chi connectivity index (χ1v) is 7.91. The molecule has 2 rings (SSSR count). The maximum absolute atomic E-state index is 11.8. The van der Waals surface area contributed by atoms with E-state index in [4.69, 9.17) is 27.9 Å². The van der Waals surface area contributed by atoms with Gasteiger partial charge in [-0.1, -0.05) is 40.9 Å². The minimum Gasteiger partial charge on any atom is -0.482 e. The van der Waals surface area contributed by atoms with E-state index < -0.39 is 5.91 Å². The lowest BCUT2D eigenvalue weighted by molar-refractivity contribution is -0.125. The molecule has 2 aromatic carbocycles. The molecule has 0 saturated heterocycles. The summed E-state index contributed by atoms with van der Waals surface area (Å²) in [5.41, 5.74) is 1.77. The van der Waals surface area contributed by atoms with Crippen molar-refractivity contribution in [2.24, 2.45) is 0 Å². The quantitative estimate of drug-likeness (QED) is 0.822. The third-order valence-electron chi connectivity index (χ3n) is 3.03. The Hall–Kier alpha value is -2.24. The molecule has 7 heteroatoms. The number of anilines is 1. The molecule has 5 nitrogen and oxygen atoms in total. The molecule has 0 aromatic heterocycles. The van der Waals surface area contributed by atoms with Crippen molar-refractivity contribution in [2.45, 2.75) is 6.92 Å². The average molecular weight is 367 g/mol. The summed E-state index contributed by atoms with van der Waals surface area (Å²) in [6, 6.07) is 12.1. The average Bonchev–Trinajstić information content (AvgIpc) is 2.54. The number of halogens is 2. The first-order chi connectivity index (χ1) is 11.4. The van der Waals surface area contributed by atoms with Crippen molar-refractivity contribution in [2.75, 3.05) is 18.5 Å². The van der Waals surface area contributed by atoms with E-state index in [1.54, 1.807) is 24.3 Å². The second kappa shape index (κ2) is 8.57. The fraction of sp³-hybridized carbons (Fsp3) is 0.176. The van der Waals surface area contributed by atoms with Crippen LogP contribution in [0.1, 0.15) is 5.56 Å². The number of ether oxygens (including phenoxy) is 1. The second-order valence-electron chi connectivity index (χ2n) is 5.05. The summed E-state index contributed by atoms with van der Waals surface area (Å²) in [6.07, 6.45) is 0. The Balaban J connectivity index is 1.74. The number of hydrogen-bond acceptors (Lipinski definition) is 3. The molecule has 0 saturated carbocycles. The molecule has 2 N–H and O–H groups in total. The first-order valence-electron chi connectivity index (χ1n) is 7.15. The van der Waals surface area contributed by atoms with Crippen LogP contribution >= 0.6 is 23.2 Å². The summed E-state index contributed by atoms with van der Waals surface area (Å²) in [5, 5.41) is 5.94. The zero-order chi connectivity index (χ0) is 17.5. The van der Waals surface area contributed by atoms with E-state index in [-0.39, 0.29) is 19.1 Å². The molecule has 0 spiro atoms. The molecule has 0 aliphatic carbocycles. The predicted octanol–water partition coefficient (Wildman–Crippen LogP) is 3.44. The van der Waals surface area contributed by atoms with E-state index in [9.17, 15) is 9.59 Å². The Kier molecular flexibility index (Phi) is 6.46. The van der Waals surface area contributed by atoms with Crippen molar-refractivity contribution in [3.8, 4) is 5.75 Å². The predicted molar refractivity (Wildman–Crippen MR) is 94.8 cm³/mol. The number of nitrogens with one attached hydrogen (secondary N) is 2. The molecular weight excluding hydrogens is 351 g/mol. The van der Waals surface area contributed by atoms with Gasteiger partial charge in [-0.2, -0.15) is 0 Å². The summed E-state index contributed by atoms with van der Waals surface area (Å²) >= 11 is 11.7. The number of benzene rings is 2. The van der Waals surface area contributed by atoms with Crippen LogP contribution in [0.15, 0.2) is 42.5 Å². The molecular formula is C17H16Cl2N2O3. The number of carbonyl (C=O) groups is 2. The lowest BCUT2D eigenvalue weighted by Gasteiger charge is -2.09. The van der Waals surface area contributed by atoms with Gasteiger partial charge >= 0.3 is 0 Å². The van der Waals surface area contributed by atoms with Gasteiger partial charge in [0.2, 0.25) is 5.91 Å². The summed E-state index contributed by atoms with van der Waals surface area (Å²) in [7, 11) is 0. The van der Waals surface area contributed by atoms with Crippen molar-refractivity contribution < 1.29 is 14.3 Å². The SMILES string of the molecule is Cc1ccc(NC(=O)CNC(=O)COc2ccc(Cl)cc2Cl)cc1. The van der Waals surface area contributed by atoms with Crippen LogP contribution in [0.5, 0.6) is 5.75 Å². The molecule has 0 fully saturated rings. The fourth-order valence-corrected chi connectivity index (χ4v) is 2.27. The molecule has 0 heterocycles. The number of amides is 2. The van der Waals surface area contributed by atoms with Gasteiger partial charge in [-0.25, -0.2) is 0 Å². The van der Waals surface area contributed by atoms with Crippen molar-refractivity contribution in [3.63, 3.8) is 0 Å². The first kappa shape index (κ1) is 18.1. The third-order valence-corrected chi connectivity index (χ3v) is 3.56. The van der Waals surface area contributed by atoms with Gasteiger partial charge in [-0.3, -0.25) is 9.59 Å². The minimum atomic E-state index is -0.430. The van der Waals surface area contributed by atoms with Gasteiger partial charge in [0.25, 0.3) is 5.91 Å². The highest BCUT2D eigenvalue weighted by atomic mass is 35.5. The monoisotopic (exact) mass is 366 g/mol. The fourth-order valence-electron chi connectivity index (χ4n) is 1.81. The zero-order valence-corrected chi connectivity index (χ0v) is 14.4. The van der Waals surface area contributed by atoms with Crippen molar-refractivity contribution >= 4 is 40.7 Å². The number of hydrogen-bond donors (Lipinski definition) is 2. The van der Waals surface area contributed by atoms with Crippen molar-refractivity contribution in [1.29, 1.82) is 0 Å². The highest BCUT2D eigenvalue weighted by Gasteiger charge is 2.08. The number of carbonyl (C=O) groups excluding carboxylic acids is 2.